The first-order valence-electron chi connectivity index (χ1n) is 29.4. The van der Waals surface area contributed by atoms with Gasteiger partial charge in [0.05, 0.1) is 65.4 Å². The van der Waals surface area contributed by atoms with Crippen molar-refractivity contribution in [2.45, 2.75) is 171 Å². The van der Waals surface area contributed by atoms with E-state index in [1.54, 1.807) is 71.4 Å². The fourth-order valence-electron chi connectivity index (χ4n) is 11.7. The lowest BCUT2D eigenvalue weighted by Crippen LogP contribution is -2.57. The van der Waals surface area contributed by atoms with Crippen molar-refractivity contribution in [3.05, 3.63) is 71.3 Å². The Bertz CT molecular complexity index is 2590. The van der Waals surface area contributed by atoms with Crippen LogP contribution in [0.4, 0.5) is 0 Å². The van der Waals surface area contributed by atoms with Crippen LogP contribution in [0.3, 0.4) is 0 Å². The zero-order valence-electron chi connectivity index (χ0n) is 48.3. The van der Waals surface area contributed by atoms with Gasteiger partial charge >= 0.3 is 0 Å². The molecule has 448 valence electrons. The van der Waals surface area contributed by atoms with Gasteiger partial charge in [-0.25, -0.2) is 0 Å². The van der Waals surface area contributed by atoms with Crippen LogP contribution in [0.2, 0.25) is 0 Å². The number of epoxide rings is 2. The zero-order valence-corrected chi connectivity index (χ0v) is 48.3. The number of carbonyl (C=O) groups excluding carboxylic acids is 8. The Labute approximate surface area is 481 Å². The quantitative estimate of drug-likeness (QED) is 0.0485. The summed E-state index contributed by atoms with van der Waals surface area (Å²) in [7, 11) is 3.11. The monoisotopic (exact) mass is 1140 g/mol. The highest BCUT2D eigenvalue weighted by Crippen LogP contribution is 2.40. The topological polar surface area (TPSA) is 274 Å². The van der Waals surface area contributed by atoms with E-state index >= 15 is 0 Å². The van der Waals surface area contributed by atoms with Gasteiger partial charge in [0.25, 0.3) is 0 Å². The van der Waals surface area contributed by atoms with E-state index in [1.807, 2.05) is 17.0 Å². The van der Waals surface area contributed by atoms with Crippen molar-refractivity contribution in [2.75, 3.05) is 66.9 Å². The molecule has 2 aromatic carbocycles. The second kappa shape index (κ2) is 28.8. The number of benzene rings is 2. The van der Waals surface area contributed by atoms with Gasteiger partial charge in [0, 0.05) is 45.4 Å². The van der Waals surface area contributed by atoms with E-state index in [-0.39, 0.29) is 81.2 Å². The number of ketones is 2. The fourth-order valence-corrected chi connectivity index (χ4v) is 11.7. The van der Waals surface area contributed by atoms with Crippen LogP contribution >= 0.6 is 0 Å². The number of rotatable bonds is 30. The molecule has 6 aliphatic rings. The van der Waals surface area contributed by atoms with Gasteiger partial charge in [-0.3, -0.25) is 43.3 Å². The van der Waals surface area contributed by atoms with E-state index in [0.717, 1.165) is 61.6 Å². The summed E-state index contributed by atoms with van der Waals surface area (Å²) in [6.07, 6.45) is 10.5. The second-order valence-corrected chi connectivity index (χ2v) is 23.5. The van der Waals surface area contributed by atoms with Crippen molar-refractivity contribution < 1.29 is 66.8 Å². The molecule has 0 radical (unpaired) electrons. The molecular weight excluding hydrogens is 1050 g/mol. The number of hydrogen-bond donors (Lipinski definition) is 6. The molecule has 21 heteroatoms. The van der Waals surface area contributed by atoms with Crippen molar-refractivity contribution in [1.29, 1.82) is 0 Å². The van der Waals surface area contributed by atoms with Crippen LogP contribution in [0.5, 0.6) is 11.5 Å². The number of amides is 6. The lowest BCUT2D eigenvalue weighted by molar-refractivity contribution is -0.135. The Hall–Kier alpha value is -6.26. The minimum absolute atomic E-state index is 0.0746. The first-order chi connectivity index (χ1) is 39.4. The Morgan fingerprint density at radius 1 is 0.622 bits per heavy atom. The van der Waals surface area contributed by atoms with Gasteiger partial charge in [0.2, 0.25) is 35.4 Å². The largest absolute Gasteiger partial charge is 0.497 e. The summed E-state index contributed by atoms with van der Waals surface area (Å²) in [5.74, 6) is -2.04. The maximum atomic E-state index is 14.8. The lowest BCUT2D eigenvalue weighted by Gasteiger charge is -2.32. The summed E-state index contributed by atoms with van der Waals surface area (Å²) in [6.45, 7) is 7.91. The van der Waals surface area contributed by atoms with E-state index in [9.17, 15) is 38.4 Å². The van der Waals surface area contributed by atoms with Gasteiger partial charge in [-0.05, 0) is 113 Å². The minimum Gasteiger partial charge on any atom is -0.497 e. The summed E-state index contributed by atoms with van der Waals surface area (Å²) < 4.78 is 33.8. The Balaban J connectivity index is 0.877. The molecule has 0 aromatic heterocycles. The molecule has 4 heterocycles. The number of carbonyl (C=O) groups is 8. The molecule has 0 spiro atoms. The van der Waals surface area contributed by atoms with Crippen LogP contribution in [0, 0.1) is 11.8 Å². The highest BCUT2D eigenvalue weighted by molar-refractivity contribution is 6.00. The predicted octanol–water partition coefficient (Wildman–Crippen LogP) is 3.12. The van der Waals surface area contributed by atoms with E-state index in [4.69, 9.17) is 28.4 Å². The third kappa shape index (κ3) is 17.6. The van der Waals surface area contributed by atoms with Gasteiger partial charge in [-0.15, -0.1) is 0 Å². The Kier molecular flexibility index (Phi) is 21.7. The normalized spacial score (nSPS) is 24.7. The molecule has 0 bridgehead atoms. The smallest absolute Gasteiger partial charge is 0.243 e. The summed E-state index contributed by atoms with van der Waals surface area (Å²) in [4.78, 5) is 114. The highest BCUT2D eigenvalue weighted by atomic mass is 16.6. The maximum Gasteiger partial charge on any atom is 0.243 e. The predicted molar refractivity (Wildman–Crippen MR) is 301 cm³/mol. The first-order valence-corrected chi connectivity index (χ1v) is 29.4. The van der Waals surface area contributed by atoms with Crippen LogP contribution < -0.4 is 41.4 Å². The van der Waals surface area contributed by atoms with Gasteiger partial charge in [-0.1, -0.05) is 61.6 Å². The van der Waals surface area contributed by atoms with Crippen LogP contribution in [0.15, 0.2) is 60.2 Å². The third-order valence-corrected chi connectivity index (χ3v) is 16.9. The number of nitrogens with one attached hydrogen (secondary N) is 6. The highest BCUT2D eigenvalue weighted by Gasteiger charge is 2.56. The van der Waals surface area contributed by atoms with E-state index < -0.39 is 77.2 Å². The standard InChI is InChI=1S/C61H85N7O14/c1-38(56(73)66-50(31-42-14-18-45(77-4)19-15-42)58(75)64-48(29-40-10-6-7-11-40)54(71)60(3)36-81-60)62-52(69)33-44-22-25-80-47(28-44)34-61(37-82-61)55(72)49(30-41-12-8-9-13-41)65-59(76)51(32-43-16-20-46(78-5)21-17-43)67-57(74)39(2)63-53(70)35-68-23-26-79-27-24-68/h12,14-21,38-40,44,47-51H,6-11,13,22-37H2,1-5H3,(H,62,69)(H,63,70)(H,64,75)(H,65,76)(H,66,73)(H,67,74). The van der Waals surface area contributed by atoms with E-state index in [1.165, 1.54) is 0 Å². The van der Waals surface area contributed by atoms with Crippen molar-refractivity contribution >= 4 is 47.0 Å². The second-order valence-electron chi connectivity index (χ2n) is 23.5. The SMILES string of the molecule is COc1ccc(CC(NC(=O)C(C)NC(=O)CC2CCOC(CC3(C(=O)C(CC4=CCCC4)NC(=O)C(Cc4ccc(OC)cc4)NC(=O)C(C)NC(=O)CN4CCOCC4)CO3)C2)C(=O)NC(CC2CCCC2)C(=O)C2(C)CO2)cc1. The van der Waals surface area contributed by atoms with Crippen molar-refractivity contribution in [3.63, 3.8) is 0 Å². The summed E-state index contributed by atoms with van der Waals surface area (Å²) >= 11 is 0. The fraction of sp³-hybridized carbons (Fsp3) is 0.639. The molecule has 21 nitrogen and oxygen atoms in total. The molecule has 8 rings (SSSR count). The van der Waals surface area contributed by atoms with Crippen LogP contribution in [0.25, 0.3) is 0 Å². The number of Topliss-reactive ketones (excluding diaryl/α,β-unsaturated/α-hetero) is 2. The summed E-state index contributed by atoms with van der Waals surface area (Å²) in [5, 5.41) is 17.3. The Morgan fingerprint density at radius 3 is 1.70 bits per heavy atom. The molecule has 4 saturated heterocycles. The molecule has 2 aromatic rings. The van der Waals surface area contributed by atoms with Crippen LogP contribution in [-0.2, 0) is 70.1 Å². The van der Waals surface area contributed by atoms with Gasteiger partial charge in [-0.2, -0.15) is 0 Å². The molecular formula is C61H85N7O14. The molecule has 1 saturated carbocycles. The van der Waals surface area contributed by atoms with Gasteiger partial charge < -0.3 is 60.3 Å². The number of methoxy groups -OCH3 is 2. The number of morpholine rings is 1. The summed E-state index contributed by atoms with van der Waals surface area (Å²) in [6, 6.07) is 8.28. The number of hydrogen-bond acceptors (Lipinski definition) is 15. The number of nitrogens with zero attached hydrogens (tertiary/aromatic N) is 1. The molecule has 2 aliphatic carbocycles. The average Bonchev–Trinajstić information content (AvgIpc) is 4.41. The maximum absolute atomic E-state index is 14.8. The first kappa shape index (κ1) is 61.8. The Morgan fingerprint density at radius 2 is 1.17 bits per heavy atom. The number of ether oxygens (including phenoxy) is 6. The summed E-state index contributed by atoms with van der Waals surface area (Å²) in [5.41, 5.74) is 0.307. The van der Waals surface area contributed by atoms with E-state index in [0.29, 0.717) is 69.6 Å². The molecule has 6 N–H and O–H groups in total. The van der Waals surface area contributed by atoms with E-state index in [2.05, 4.69) is 38.0 Å². The van der Waals surface area contributed by atoms with Crippen LogP contribution in [-0.4, -0.2) is 172 Å². The van der Waals surface area contributed by atoms with Gasteiger partial charge in [0.1, 0.15) is 41.3 Å². The van der Waals surface area contributed by atoms with Gasteiger partial charge in [0.15, 0.2) is 17.2 Å². The van der Waals surface area contributed by atoms with Crippen LogP contribution in [0.1, 0.15) is 115 Å². The van der Waals surface area contributed by atoms with Crippen molar-refractivity contribution in [1.82, 2.24) is 36.8 Å². The molecule has 4 aliphatic heterocycles. The van der Waals surface area contributed by atoms with Crippen molar-refractivity contribution in [2.24, 2.45) is 11.8 Å². The van der Waals surface area contributed by atoms with Crippen molar-refractivity contribution in [3.8, 4) is 11.5 Å². The zero-order chi connectivity index (χ0) is 58.4. The number of allylic oxidation sites excluding steroid dienone is 1. The third-order valence-electron chi connectivity index (χ3n) is 16.9. The molecule has 5 fully saturated rings. The molecule has 10 atom stereocenters. The minimum atomic E-state index is -1.26. The molecule has 82 heavy (non-hydrogen) atoms. The lowest BCUT2D eigenvalue weighted by atomic mass is 9.84. The average molecular weight is 1140 g/mol. The molecule has 10 unspecified atom stereocenters. The molecule has 6 amide bonds.